The molecule has 1 aliphatic rings. The Morgan fingerprint density at radius 2 is 2.07 bits per heavy atom. The molecule has 88 valence electrons. The van der Waals surface area contributed by atoms with Crippen LogP contribution in [-0.4, -0.2) is 31.1 Å². The molecule has 1 unspecified atom stereocenters. The maximum atomic E-state index is 11.3. The van der Waals surface area contributed by atoms with Crippen LogP contribution in [0.1, 0.15) is 39.0 Å². The van der Waals surface area contributed by atoms with Gasteiger partial charge in [-0.1, -0.05) is 12.8 Å². The Morgan fingerprint density at radius 3 is 2.60 bits per heavy atom. The Hall–Kier alpha value is -0.460. The van der Waals surface area contributed by atoms with E-state index >= 15 is 0 Å². The van der Waals surface area contributed by atoms with E-state index in [-0.39, 0.29) is 18.2 Å². The molecule has 0 saturated carbocycles. The van der Waals surface area contributed by atoms with Gasteiger partial charge in [0.25, 0.3) is 10.2 Å². The first-order valence-electron chi connectivity index (χ1n) is 5.20. The van der Waals surface area contributed by atoms with Crippen molar-refractivity contribution in [2.75, 3.05) is 6.54 Å². The number of hydrogen-bond acceptors (Lipinski definition) is 3. The van der Waals surface area contributed by atoms with Crippen LogP contribution in [0.2, 0.25) is 0 Å². The summed E-state index contributed by atoms with van der Waals surface area (Å²) in [4.78, 5) is 11.0. The molecule has 15 heavy (non-hydrogen) atoms. The van der Waals surface area contributed by atoms with Gasteiger partial charge in [0.15, 0.2) is 0 Å². The van der Waals surface area contributed by atoms with Crippen molar-refractivity contribution in [2.24, 2.45) is 5.14 Å². The van der Waals surface area contributed by atoms with Crippen molar-refractivity contribution in [2.45, 2.75) is 45.1 Å². The third-order valence-electron chi connectivity index (χ3n) is 2.67. The van der Waals surface area contributed by atoms with E-state index in [1.54, 1.807) is 0 Å². The van der Waals surface area contributed by atoms with Crippen LogP contribution < -0.4 is 5.14 Å². The van der Waals surface area contributed by atoms with Gasteiger partial charge in [0.2, 0.25) is 0 Å². The molecule has 6 heteroatoms. The first-order valence-corrected chi connectivity index (χ1v) is 6.70. The third-order valence-corrected chi connectivity index (χ3v) is 3.81. The zero-order valence-corrected chi connectivity index (χ0v) is 9.79. The highest BCUT2D eigenvalue weighted by molar-refractivity contribution is 7.86. The van der Waals surface area contributed by atoms with Gasteiger partial charge in [-0.3, -0.25) is 4.79 Å². The molecule has 1 atom stereocenters. The summed E-state index contributed by atoms with van der Waals surface area (Å²) in [5.74, 6) is 0.00977. The lowest BCUT2D eigenvalue weighted by Crippen LogP contribution is -2.44. The molecule has 1 heterocycles. The van der Waals surface area contributed by atoms with Crippen molar-refractivity contribution in [1.82, 2.24) is 4.31 Å². The van der Waals surface area contributed by atoms with Crippen LogP contribution in [0.4, 0.5) is 0 Å². The van der Waals surface area contributed by atoms with Gasteiger partial charge in [-0.05, 0) is 19.8 Å². The average Bonchev–Trinajstić information content (AvgIpc) is 2.27. The van der Waals surface area contributed by atoms with Crippen LogP contribution in [0.15, 0.2) is 0 Å². The van der Waals surface area contributed by atoms with Crippen LogP contribution in [0, 0.1) is 0 Å². The van der Waals surface area contributed by atoms with Crippen LogP contribution >= 0.6 is 0 Å². The number of ketones is 1. The molecule has 0 bridgehead atoms. The van der Waals surface area contributed by atoms with Crippen molar-refractivity contribution < 1.29 is 13.2 Å². The largest absolute Gasteiger partial charge is 0.300 e. The number of rotatable bonds is 3. The lowest BCUT2D eigenvalue weighted by Gasteiger charge is -2.26. The summed E-state index contributed by atoms with van der Waals surface area (Å²) in [5, 5.41) is 5.13. The topological polar surface area (TPSA) is 80.5 Å². The summed E-state index contributed by atoms with van der Waals surface area (Å²) >= 11 is 0. The Morgan fingerprint density at radius 1 is 1.40 bits per heavy atom. The van der Waals surface area contributed by atoms with Crippen molar-refractivity contribution in [3.63, 3.8) is 0 Å². The number of nitrogens with zero attached hydrogens (tertiary/aromatic N) is 1. The second kappa shape index (κ2) is 5.05. The first-order chi connectivity index (χ1) is 6.91. The van der Waals surface area contributed by atoms with Gasteiger partial charge >= 0.3 is 0 Å². The van der Waals surface area contributed by atoms with Crippen LogP contribution in [0.25, 0.3) is 0 Å². The molecule has 0 aromatic carbocycles. The van der Waals surface area contributed by atoms with E-state index in [1.165, 1.54) is 11.2 Å². The van der Waals surface area contributed by atoms with E-state index in [0.29, 0.717) is 6.54 Å². The van der Waals surface area contributed by atoms with Gasteiger partial charge < -0.3 is 0 Å². The maximum Gasteiger partial charge on any atom is 0.277 e. The third kappa shape index (κ3) is 3.89. The molecule has 1 aliphatic heterocycles. The molecule has 0 amide bonds. The smallest absolute Gasteiger partial charge is 0.277 e. The summed E-state index contributed by atoms with van der Waals surface area (Å²) in [6, 6.07) is -0.236. The SMILES string of the molecule is CC(=O)CC1CCCCCN1S(N)(=O)=O. The summed E-state index contributed by atoms with van der Waals surface area (Å²) in [7, 11) is -3.66. The predicted molar refractivity (Wildman–Crippen MR) is 57.4 cm³/mol. The van der Waals surface area contributed by atoms with Gasteiger partial charge in [0.05, 0.1) is 0 Å². The van der Waals surface area contributed by atoms with Gasteiger partial charge in [-0.2, -0.15) is 12.7 Å². The molecule has 1 rings (SSSR count). The highest BCUT2D eigenvalue weighted by Crippen LogP contribution is 2.21. The minimum Gasteiger partial charge on any atom is -0.300 e. The lowest BCUT2D eigenvalue weighted by molar-refractivity contribution is -0.117. The number of carbonyl (C=O) groups excluding carboxylic acids is 1. The molecule has 0 radical (unpaired) electrons. The Bertz CT molecular complexity index is 326. The Labute approximate surface area is 90.8 Å². The molecule has 0 aromatic rings. The lowest BCUT2D eigenvalue weighted by atomic mass is 10.1. The van der Waals surface area contributed by atoms with E-state index in [2.05, 4.69) is 0 Å². The summed E-state index contributed by atoms with van der Waals surface area (Å²) in [6.45, 7) is 1.92. The van der Waals surface area contributed by atoms with Crippen LogP contribution in [-0.2, 0) is 15.0 Å². The second-order valence-electron chi connectivity index (χ2n) is 4.06. The van der Waals surface area contributed by atoms with Crippen molar-refractivity contribution in [1.29, 1.82) is 0 Å². The monoisotopic (exact) mass is 234 g/mol. The van der Waals surface area contributed by atoms with Gasteiger partial charge in [-0.15, -0.1) is 0 Å². The second-order valence-corrected chi connectivity index (χ2v) is 5.56. The molecule has 0 spiro atoms. The highest BCUT2D eigenvalue weighted by atomic mass is 32.2. The predicted octanol–water partition coefficient (Wildman–Crippen LogP) is 0.414. The van der Waals surface area contributed by atoms with E-state index in [0.717, 1.165) is 25.7 Å². The molecular formula is C9H18N2O3S. The summed E-state index contributed by atoms with van der Waals surface area (Å²) < 4.78 is 23.9. The van der Waals surface area contributed by atoms with Gasteiger partial charge in [-0.25, -0.2) is 5.14 Å². The fourth-order valence-corrected chi connectivity index (χ4v) is 3.00. The fraction of sp³-hybridized carbons (Fsp3) is 0.889. The number of nitrogens with two attached hydrogens (primary N) is 1. The molecule has 5 nitrogen and oxygen atoms in total. The molecular weight excluding hydrogens is 216 g/mol. The van der Waals surface area contributed by atoms with Crippen molar-refractivity contribution in [3.8, 4) is 0 Å². The quantitative estimate of drug-likeness (QED) is 0.768. The normalized spacial score (nSPS) is 24.8. The van der Waals surface area contributed by atoms with E-state index in [9.17, 15) is 13.2 Å². The summed E-state index contributed by atoms with van der Waals surface area (Å²) in [6.07, 6.45) is 3.79. The minimum absolute atomic E-state index is 0.00977. The molecule has 0 aromatic heterocycles. The average molecular weight is 234 g/mol. The van der Waals surface area contributed by atoms with Crippen LogP contribution in [0.5, 0.6) is 0 Å². The Balaban J connectivity index is 2.81. The van der Waals surface area contributed by atoms with Crippen molar-refractivity contribution in [3.05, 3.63) is 0 Å². The van der Waals surface area contributed by atoms with Crippen LogP contribution in [0.3, 0.4) is 0 Å². The molecule has 2 N–H and O–H groups in total. The van der Waals surface area contributed by atoms with E-state index in [4.69, 9.17) is 5.14 Å². The zero-order valence-electron chi connectivity index (χ0n) is 8.98. The Kier molecular flexibility index (Phi) is 4.24. The number of Topliss-reactive ketones (excluding diaryl/α,β-unsaturated/α-hetero) is 1. The van der Waals surface area contributed by atoms with Gasteiger partial charge in [0, 0.05) is 19.0 Å². The molecule has 1 saturated heterocycles. The first kappa shape index (κ1) is 12.6. The fourth-order valence-electron chi connectivity index (χ4n) is 2.02. The number of hydrogen-bond donors (Lipinski definition) is 1. The van der Waals surface area contributed by atoms with E-state index in [1.807, 2.05) is 0 Å². The van der Waals surface area contributed by atoms with Gasteiger partial charge in [0.1, 0.15) is 5.78 Å². The maximum absolute atomic E-state index is 11.3. The van der Waals surface area contributed by atoms with Crippen molar-refractivity contribution >= 4 is 16.0 Å². The summed E-state index contributed by atoms with van der Waals surface area (Å²) in [5.41, 5.74) is 0. The molecule has 1 fully saturated rings. The zero-order chi connectivity index (χ0) is 11.5. The standard InChI is InChI=1S/C9H18N2O3S/c1-8(12)7-9-5-3-2-4-6-11(9)15(10,13)14/h9H,2-7H2,1H3,(H2,10,13,14). The van der Waals surface area contributed by atoms with E-state index < -0.39 is 10.2 Å². The minimum atomic E-state index is -3.66. The highest BCUT2D eigenvalue weighted by Gasteiger charge is 2.29. The number of carbonyl (C=O) groups is 1. The molecule has 0 aliphatic carbocycles.